The highest BCUT2D eigenvalue weighted by Gasteiger charge is 2.13. The molecule has 0 aliphatic rings. The van der Waals surface area contributed by atoms with Crippen LogP contribution in [0.15, 0.2) is 30.6 Å². The van der Waals surface area contributed by atoms with Crippen LogP contribution in [0.4, 0.5) is 11.5 Å². The molecule has 1 aromatic heterocycles. The number of benzene rings is 1. The molecule has 0 aliphatic carbocycles. The average Bonchev–Trinajstić information content (AvgIpc) is 2.51. The molecule has 0 spiro atoms. The van der Waals surface area contributed by atoms with Gasteiger partial charge >= 0.3 is 0 Å². The number of hydrogen-bond acceptors (Lipinski definition) is 5. The Balaban J connectivity index is 2.11. The minimum absolute atomic E-state index is 0.200. The van der Waals surface area contributed by atoms with E-state index in [4.69, 9.17) is 27.9 Å². The van der Waals surface area contributed by atoms with E-state index in [9.17, 15) is 4.79 Å². The third-order valence-corrected chi connectivity index (χ3v) is 3.34. The molecule has 0 atom stereocenters. The lowest BCUT2D eigenvalue weighted by atomic mass is 10.3. The molecule has 116 valence electrons. The predicted molar refractivity (Wildman–Crippen MR) is 86.8 cm³/mol. The third kappa shape index (κ3) is 4.30. The summed E-state index contributed by atoms with van der Waals surface area (Å²) in [4.78, 5) is 20.2. The second-order valence-electron chi connectivity index (χ2n) is 4.26. The summed E-state index contributed by atoms with van der Waals surface area (Å²) in [6, 6.07) is 6.51. The zero-order valence-corrected chi connectivity index (χ0v) is 13.3. The number of amides is 1. The van der Waals surface area contributed by atoms with Gasteiger partial charge in [-0.1, -0.05) is 29.3 Å². The van der Waals surface area contributed by atoms with Gasteiger partial charge in [-0.05, 0) is 12.1 Å². The molecule has 1 amide bonds. The minimum atomic E-state index is -0.424. The number of nitrogens with zero attached hydrogens (tertiary/aromatic N) is 2. The molecular weight excluding hydrogens is 327 g/mol. The fourth-order valence-corrected chi connectivity index (χ4v) is 2.15. The van der Waals surface area contributed by atoms with Crippen LogP contribution >= 0.6 is 23.2 Å². The SMILES string of the molecule is COCCNc1cc(C(=O)Nc2c(Cl)cccc2Cl)ncn1. The number of anilines is 2. The molecule has 0 aliphatic heterocycles. The van der Waals surface area contributed by atoms with E-state index in [1.165, 1.54) is 12.4 Å². The first-order valence-corrected chi connectivity index (χ1v) is 7.17. The predicted octanol–water partition coefficient (Wildman–Crippen LogP) is 3.09. The van der Waals surface area contributed by atoms with Crippen molar-refractivity contribution < 1.29 is 9.53 Å². The summed E-state index contributed by atoms with van der Waals surface area (Å²) in [5.41, 5.74) is 0.550. The maximum Gasteiger partial charge on any atom is 0.274 e. The second kappa shape index (κ2) is 7.93. The highest BCUT2D eigenvalue weighted by atomic mass is 35.5. The summed E-state index contributed by atoms with van der Waals surface area (Å²) in [6.07, 6.45) is 1.30. The van der Waals surface area contributed by atoms with Crippen LogP contribution < -0.4 is 10.6 Å². The lowest BCUT2D eigenvalue weighted by Gasteiger charge is -2.09. The summed E-state index contributed by atoms with van der Waals surface area (Å²) in [7, 11) is 1.61. The van der Waals surface area contributed by atoms with E-state index in [2.05, 4.69) is 20.6 Å². The highest BCUT2D eigenvalue weighted by Crippen LogP contribution is 2.30. The Hall–Kier alpha value is -1.89. The quantitative estimate of drug-likeness (QED) is 0.790. The fourth-order valence-electron chi connectivity index (χ4n) is 1.65. The van der Waals surface area contributed by atoms with Crippen molar-refractivity contribution in [2.75, 3.05) is 30.9 Å². The van der Waals surface area contributed by atoms with Gasteiger partial charge in [-0.15, -0.1) is 0 Å². The van der Waals surface area contributed by atoms with Gasteiger partial charge in [0.2, 0.25) is 0 Å². The molecular formula is C14H14Cl2N4O2. The zero-order chi connectivity index (χ0) is 15.9. The number of para-hydroxylation sites is 1. The van der Waals surface area contributed by atoms with Gasteiger partial charge in [-0.25, -0.2) is 9.97 Å². The average molecular weight is 341 g/mol. The largest absolute Gasteiger partial charge is 0.383 e. The van der Waals surface area contributed by atoms with Crippen molar-refractivity contribution in [2.45, 2.75) is 0 Å². The molecule has 8 heteroatoms. The van der Waals surface area contributed by atoms with Crippen molar-refractivity contribution in [1.29, 1.82) is 0 Å². The second-order valence-corrected chi connectivity index (χ2v) is 5.07. The summed E-state index contributed by atoms with van der Waals surface area (Å²) in [5.74, 6) is 0.106. The van der Waals surface area contributed by atoms with Crippen LogP contribution in [0.2, 0.25) is 10.0 Å². The normalized spacial score (nSPS) is 10.3. The van der Waals surface area contributed by atoms with Gasteiger partial charge in [0.25, 0.3) is 5.91 Å². The van der Waals surface area contributed by atoms with Gasteiger partial charge < -0.3 is 15.4 Å². The Bertz CT molecular complexity index is 647. The van der Waals surface area contributed by atoms with Crippen LogP contribution in [0.25, 0.3) is 0 Å². The monoisotopic (exact) mass is 340 g/mol. The van der Waals surface area contributed by atoms with Gasteiger partial charge in [-0.2, -0.15) is 0 Å². The van der Waals surface area contributed by atoms with Crippen LogP contribution in [0.1, 0.15) is 10.5 Å². The molecule has 0 fully saturated rings. The van der Waals surface area contributed by atoms with Crippen molar-refractivity contribution in [3.8, 4) is 0 Å². The molecule has 2 N–H and O–H groups in total. The van der Waals surface area contributed by atoms with Crippen molar-refractivity contribution >= 4 is 40.6 Å². The highest BCUT2D eigenvalue weighted by molar-refractivity contribution is 6.40. The van der Waals surface area contributed by atoms with E-state index in [1.807, 2.05) is 0 Å². The lowest BCUT2D eigenvalue weighted by Crippen LogP contribution is -2.16. The first-order chi connectivity index (χ1) is 10.6. The number of carbonyl (C=O) groups excluding carboxylic acids is 1. The van der Waals surface area contributed by atoms with Crippen LogP contribution in [0, 0.1) is 0 Å². The molecule has 0 saturated heterocycles. The number of carbonyl (C=O) groups is 1. The first-order valence-electron chi connectivity index (χ1n) is 6.42. The summed E-state index contributed by atoms with van der Waals surface area (Å²) < 4.78 is 4.93. The zero-order valence-electron chi connectivity index (χ0n) is 11.8. The molecule has 1 heterocycles. The Morgan fingerprint density at radius 3 is 2.68 bits per heavy atom. The molecule has 0 bridgehead atoms. The fraction of sp³-hybridized carbons (Fsp3) is 0.214. The van der Waals surface area contributed by atoms with Crippen LogP contribution in [-0.4, -0.2) is 36.1 Å². The Labute approximate surface area is 137 Å². The summed E-state index contributed by atoms with van der Waals surface area (Å²) >= 11 is 12.0. The number of aromatic nitrogens is 2. The smallest absolute Gasteiger partial charge is 0.274 e. The van der Waals surface area contributed by atoms with Gasteiger partial charge in [-0.3, -0.25) is 4.79 Å². The number of hydrogen-bond donors (Lipinski definition) is 2. The topological polar surface area (TPSA) is 76.1 Å². The van der Waals surface area contributed by atoms with E-state index in [-0.39, 0.29) is 5.69 Å². The molecule has 0 radical (unpaired) electrons. The lowest BCUT2D eigenvalue weighted by molar-refractivity contribution is 0.102. The van der Waals surface area contributed by atoms with Crippen molar-refractivity contribution in [2.24, 2.45) is 0 Å². The van der Waals surface area contributed by atoms with Crippen molar-refractivity contribution in [3.05, 3.63) is 46.3 Å². The van der Waals surface area contributed by atoms with Crippen LogP contribution in [-0.2, 0) is 4.74 Å². The Morgan fingerprint density at radius 2 is 2.00 bits per heavy atom. The molecule has 0 saturated carbocycles. The number of rotatable bonds is 6. The van der Waals surface area contributed by atoms with E-state index < -0.39 is 5.91 Å². The molecule has 0 unspecified atom stereocenters. The first kappa shape index (κ1) is 16.5. The maximum absolute atomic E-state index is 12.2. The number of nitrogens with one attached hydrogen (secondary N) is 2. The molecule has 2 rings (SSSR count). The summed E-state index contributed by atoms with van der Waals surface area (Å²) in [5, 5.41) is 6.37. The third-order valence-electron chi connectivity index (χ3n) is 2.71. The van der Waals surface area contributed by atoms with Gasteiger partial charge in [0, 0.05) is 19.7 Å². The summed E-state index contributed by atoms with van der Waals surface area (Å²) in [6.45, 7) is 1.10. The molecule has 1 aromatic carbocycles. The molecule has 22 heavy (non-hydrogen) atoms. The Kier molecular flexibility index (Phi) is 5.94. The van der Waals surface area contributed by atoms with Gasteiger partial charge in [0.1, 0.15) is 17.8 Å². The number of halogens is 2. The molecule has 2 aromatic rings. The van der Waals surface area contributed by atoms with Gasteiger partial charge in [0.15, 0.2) is 0 Å². The van der Waals surface area contributed by atoms with Crippen molar-refractivity contribution in [3.63, 3.8) is 0 Å². The van der Waals surface area contributed by atoms with Gasteiger partial charge in [0.05, 0.1) is 22.3 Å². The van der Waals surface area contributed by atoms with E-state index in [1.54, 1.807) is 25.3 Å². The number of methoxy groups -OCH3 is 1. The molecule has 6 nitrogen and oxygen atoms in total. The van der Waals surface area contributed by atoms with E-state index >= 15 is 0 Å². The van der Waals surface area contributed by atoms with Crippen LogP contribution in [0.5, 0.6) is 0 Å². The van der Waals surface area contributed by atoms with E-state index in [0.717, 1.165) is 0 Å². The van der Waals surface area contributed by atoms with Crippen LogP contribution in [0.3, 0.4) is 0 Å². The Morgan fingerprint density at radius 1 is 1.27 bits per heavy atom. The standard InChI is InChI=1S/C14H14Cl2N4O2/c1-22-6-5-17-12-7-11(18-8-19-12)14(21)20-13-9(15)3-2-4-10(13)16/h2-4,7-8H,5-6H2,1H3,(H,20,21)(H,17,18,19). The van der Waals surface area contributed by atoms with Crippen molar-refractivity contribution in [1.82, 2.24) is 9.97 Å². The minimum Gasteiger partial charge on any atom is -0.383 e. The maximum atomic E-state index is 12.2. The number of ether oxygens (including phenoxy) is 1. The van der Waals surface area contributed by atoms with E-state index in [0.29, 0.717) is 34.7 Å².